The highest BCUT2D eigenvalue weighted by Gasteiger charge is 2.11. The van der Waals surface area contributed by atoms with Crippen LogP contribution < -0.4 is 5.32 Å². The Labute approximate surface area is 143 Å². The summed E-state index contributed by atoms with van der Waals surface area (Å²) in [6.45, 7) is 0.366. The molecular weight excluding hydrogens is 445 g/mol. The van der Waals surface area contributed by atoms with Crippen LogP contribution >= 0.6 is 38.5 Å². The summed E-state index contributed by atoms with van der Waals surface area (Å²) >= 11 is 5.58. The number of H-pyrrole nitrogens is 1. The van der Waals surface area contributed by atoms with Gasteiger partial charge in [-0.3, -0.25) is 4.79 Å². The van der Waals surface area contributed by atoms with E-state index in [0.717, 1.165) is 24.9 Å². The number of benzene rings is 2. The zero-order valence-electron chi connectivity index (χ0n) is 10.9. The molecule has 1 amide bonds. The first-order valence-electron chi connectivity index (χ1n) is 6.30. The molecule has 21 heavy (non-hydrogen) atoms. The van der Waals surface area contributed by atoms with Gasteiger partial charge in [0, 0.05) is 8.04 Å². The zero-order chi connectivity index (χ0) is 14.8. The number of aromatic amines is 1. The molecule has 0 atom stereocenters. The van der Waals surface area contributed by atoms with E-state index in [9.17, 15) is 4.79 Å². The molecule has 0 aliphatic heterocycles. The van der Waals surface area contributed by atoms with Gasteiger partial charge in [-0.2, -0.15) is 0 Å². The number of nitrogens with one attached hydrogen (secondary N) is 2. The number of nitrogens with zero attached hydrogens (tertiary/aromatic N) is 1. The van der Waals surface area contributed by atoms with Gasteiger partial charge in [0.2, 0.25) is 0 Å². The molecule has 106 valence electrons. The van der Waals surface area contributed by atoms with Gasteiger partial charge in [0.05, 0.1) is 23.1 Å². The summed E-state index contributed by atoms with van der Waals surface area (Å²) < 4.78 is 1.80. The number of fused-ring (bicyclic) bond motifs is 1. The summed E-state index contributed by atoms with van der Waals surface area (Å²) in [5.41, 5.74) is 2.49. The third-order valence-corrected chi connectivity index (χ3v) is 4.39. The van der Waals surface area contributed by atoms with E-state index in [1.807, 2.05) is 42.5 Å². The number of rotatable bonds is 3. The summed E-state index contributed by atoms with van der Waals surface area (Å²) in [4.78, 5) is 19.8. The molecule has 0 aliphatic carbocycles. The molecule has 0 bridgehead atoms. The Bertz CT molecular complexity index is 783. The van der Waals surface area contributed by atoms with Crippen LogP contribution in [0.1, 0.15) is 16.2 Å². The molecule has 6 heteroatoms. The molecule has 0 unspecified atom stereocenters. The van der Waals surface area contributed by atoms with E-state index in [1.165, 1.54) is 0 Å². The van der Waals surface area contributed by atoms with Crippen molar-refractivity contribution < 1.29 is 4.79 Å². The van der Waals surface area contributed by atoms with Crippen molar-refractivity contribution in [2.45, 2.75) is 6.54 Å². The van der Waals surface area contributed by atoms with E-state index < -0.39 is 0 Å². The maximum atomic E-state index is 12.2. The number of halogens is 2. The second-order valence-corrected chi connectivity index (χ2v) is 6.61. The molecule has 3 aromatic rings. The van der Waals surface area contributed by atoms with Crippen molar-refractivity contribution in [3.05, 3.63) is 61.9 Å². The number of imidazole rings is 1. The lowest BCUT2D eigenvalue weighted by Gasteiger charge is -2.06. The van der Waals surface area contributed by atoms with E-state index in [0.29, 0.717) is 12.1 Å². The van der Waals surface area contributed by atoms with Crippen LogP contribution in [0, 0.1) is 3.57 Å². The van der Waals surface area contributed by atoms with Gasteiger partial charge < -0.3 is 10.3 Å². The first kappa shape index (κ1) is 14.5. The number of aromatic nitrogens is 2. The van der Waals surface area contributed by atoms with Crippen molar-refractivity contribution >= 4 is 55.5 Å². The average molecular weight is 456 g/mol. The van der Waals surface area contributed by atoms with Crippen LogP contribution in [0.15, 0.2) is 46.9 Å². The molecule has 0 saturated carbocycles. The lowest BCUT2D eigenvalue weighted by atomic mass is 10.2. The number of para-hydroxylation sites is 2. The van der Waals surface area contributed by atoms with Gasteiger partial charge in [0.25, 0.3) is 5.91 Å². The Morgan fingerprint density at radius 3 is 2.90 bits per heavy atom. The fourth-order valence-electron chi connectivity index (χ4n) is 2.02. The van der Waals surface area contributed by atoms with Crippen molar-refractivity contribution in [3.8, 4) is 0 Å². The second-order valence-electron chi connectivity index (χ2n) is 4.51. The van der Waals surface area contributed by atoms with Gasteiger partial charge in [-0.1, -0.05) is 12.1 Å². The molecule has 0 spiro atoms. The summed E-state index contributed by atoms with van der Waals surface area (Å²) in [7, 11) is 0. The Morgan fingerprint density at radius 2 is 2.10 bits per heavy atom. The molecule has 3 rings (SSSR count). The fourth-order valence-corrected chi connectivity index (χ4v) is 2.94. The Balaban J connectivity index is 1.74. The Morgan fingerprint density at radius 1 is 1.29 bits per heavy atom. The predicted octanol–water partition coefficient (Wildman–Crippen LogP) is 3.86. The third-order valence-electron chi connectivity index (χ3n) is 3.03. The molecule has 1 heterocycles. The normalized spacial score (nSPS) is 10.8. The number of amides is 1. The van der Waals surface area contributed by atoms with Crippen LogP contribution in [0.2, 0.25) is 0 Å². The van der Waals surface area contributed by atoms with Crippen LogP contribution in [0.25, 0.3) is 11.0 Å². The minimum Gasteiger partial charge on any atom is -0.345 e. The van der Waals surface area contributed by atoms with E-state index in [1.54, 1.807) is 0 Å². The van der Waals surface area contributed by atoms with Crippen LogP contribution in [-0.4, -0.2) is 15.9 Å². The van der Waals surface area contributed by atoms with Gasteiger partial charge in [-0.05, 0) is 68.9 Å². The Hall–Kier alpha value is -1.41. The third kappa shape index (κ3) is 3.26. The predicted molar refractivity (Wildman–Crippen MR) is 94.1 cm³/mol. The number of hydrogen-bond donors (Lipinski definition) is 2. The maximum absolute atomic E-state index is 12.2. The van der Waals surface area contributed by atoms with E-state index in [4.69, 9.17) is 0 Å². The topological polar surface area (TPSA) is 57.8 Å². The van der Waals surface area contributed by atoms with E-state index in [2.05, 4.69) is 53.8 Å². The SMILES string of the molecule is O=C(NCc1nc2ccccc2[nH]1)c1cc(I)ccc1Br. The molecular formula is C15H11BrIN3O. The highest BCUT2D eigenvalue weighted by Crippen LogP contribution is 2.19. The van der Waals surface area contributed by atoms with Gasteiger partial charge in [-0.15, -0.1) is 0 Å². The van der Waals surface area contributed by atoms with E-state index in [-0.39, 0.29) is 5.91 Å². The highest BCUT2D eigenvalue weighted by molar-refractivity contribution is 14.1. The minimum absolute atomic E-state index is 0.124. The zero-order valence-corrected chi connectivity index (χ0v) is 14.6. The number of carbonyl (C=O) groups is 1. The van der Waals surface area contributed by atoms with Crippen molar-refractivity contribution in [1.82, 2.24) is 15.3 Å². The summed E-state index contributed by atoms with van der Waals surface area (Å²) in [6.07, 6.45) is 0. The number of carbonyl (C=O) groups excluding carboxylic acids is 1. The molecule has 0 saturated heterocycles. The summed E-state index contributed by atoms with van der Waals surface area (Å²) in [5.74, 6) is 0.618. The minimum atomic E-state index is -0.124. The van der Waals surface area contributed by atoms with Crippen LogP contribution in [-0.2, 0) is 6.54 Å². The molecule has 0 aliphatic rings. The summed E-state index contributed by atoms with van der Waals surface area (Å²) in [6, 6.07) is 13.5. The largest absolute Gasteiger partial charge is 0.345 e. The first-order valence-corrected chi connectivity index (χ1v) is 8.17. The lowest BCUT2D eigenvalue weighted by Crippen LogP contribution is -2.23. The van der Waals surface area contributed by atoms with Crippen molar-refractivity contribution in [2.75, 3.05) is 0 Å². The lowest BCUT2D eigenvalue weighted by molar-refractivity contribution is 0.0949. The van der Waals surface area contributed by atoms with Crippen LogP contribution in [0.5, 0.6) is 0 Å². The molecule has 0 fully saturated rings. The van der Waals surface area contributed by atoms with Crippen LogP contribution in [0.3, 0.4) is 0 Å². The second kappa shape index (κ2) is 6.15. The van der Waals surface area contributed by atoms with Gasteiger partial charge in [0.1, 0.15) is 5.82 Å². The Kier molecular flexibility index (Phi) is 4.25. The molecule has 2 N–H and O–H groups in total. The van der Waals surface area contributed by atoms with Crippen LogP contribution in [0.4, 0.5) is 0 Å². The summed E-state index contributed by atoms with van der Waals surface area (Å²) in [5, 5.41) is 2.88. The van der Waals surface area contributed by atoms with Gasteiger partial charge in [-0.25, -0.2) is 4.98 Å². The average Bonchev–Trinajstić information content (AvgIpc) is 2.90. The van der Waals surface area contributed by atoms with Gasteiger partial charge >= 0.3 is 0 Å². The van der Waals surface area contributed by atoms with Crippen molar-refractivity contribution in [2.24, 2.45) is 0 Å². The smallest absolute Gasteiger partial charge is 0.252 e. The quantitative estimate of drug-likeness (QED) is 0.589. The molecule has 4 nitrogen and oxygen atoms in total. The molecule has 0 radical (unpaired) electrons. The monoisotopic (exact) mass is 455 g/mol. The van der Waals surface area contributed by atoms with Gasteiger partial charge in [0.15, 0.2) is 0 Å². The highest BCUT2D eigenvalue weighted by atomic mass is 127. The molecule has 2 aromatic carbocycles. The van der Waals surface area contributed by atoms with Crippen molar-refractivity contribution in [1.29, 1.82) is 0 Å². The van der Waals surface area contributed by atoms with E-state index >= 15 is 0 Å². The maximum Gasteiger partial charge on any atom is 0.252 e. The number of hydrogen-bond acceptors (Lipinski definition) is 2. The molecule has 1 aromatic heterocycles. The first-order chi connectivity index (χ1) is 10.1. The standard InChI is InChI=1S/C15H11BrIN3O/c16-11-6-5-9(17)7-10(11)15(21)18-8-14-19-12-3-1-2-4-13(12)20-14/h1-7H,8H2,(H,18,21)(H,19,20). The van der Waals surface area contributed by atoms with Crippen molar-refractivity contribution in [3.63, 3.8) is 0 Å². The fraction of sp³-hybridized carbons (Fsp3) is 0.0667.